The van der Waals surface area contributed by atoms with Crippen molar-refractivity contribution in [2.45, 2.75) is 6.92 Å². The molecule has 0 unspecified atom stereocenters. The monoisotopic (exact) mass is 348 g/mol. The Morgan fingerprint density at radius 2 is 1.86 bits per heavy atom. The Hall–Kier alpha value is -2.34. The van der Waals surface area contributed by atoms with Crippen molar-refractivity contribution in [1.29, 1.82) is 0 Å². The summed E-state index contributed by atoms with van der Waals surface area (Å²) in [7, 11) is 0. The second-order valence-corrected chi connectivity index (χ2v) is 5.17. The largest absolute Gasteiger partial charge is 0.508 e. The highest BCUT2D eigenvalue weighted by Gasteiger charge is 2.10. The van der Waals surface area contributed by atoms with Crippen LogP contribution in [0.4, 0.5) is 0 Å². The van der Waals surface area contributed by atoms with Crippen LogP contribution in [0.2, 0.25) is 0 Å². The van der Waals surface area contributed by atoms with Gasteiger partial charge in [0.15, 0.2) is 0 Å². The zero-order chi connectivity index (χ0) is 15.4. The number of hydrogen-bond donors (Lipinski definition) is 3. The van der Waals surface area contributed by atoms with Crippen molar-refractivity contribution >= 4 is 27.5 Å². The number of amides is 1. The Bertz CT molecular complexity index is 714. The van der Waals surface area contributed by atoms with E-state index < -0.39 is 0 Å². The fraction of sp³-hybridized carbons (Fsp3) is 0.0667. The molecule has 0 aliphatic rings. The van der Waals surface area contributed by atoms with E-state index in [1.165, 1.54) is 18.2 Å². The van der Waals surface area contributed by atoms with Crippen LogP contribution in [0.25, 0.3) is 0 Å². The van der Waals surface area contributed by atoms with Gasteiger partial charge in [-0.1, -0.05) is 12.1 Å². The Balaban J connectivity index is 2.19. The number of hydrogen-bond acceptors (Lipinski definition) is 4. The molecule has 0 aliphatic heterocycles. The van der Waals surface area contributed by atoms with Crippen LogP contribution in [0.15, 0.2) is 52.0 Å². The highest BCUT2D eigenvalue weighted by molar-refractivity contribution is 9.10. The smallest absolute Gasteiger partial charge is 0.272 e. The van der Waals surface area contributed by atoms with Gasteiger partial charge in [-0.3, -0.25) is 4.79 Å². The number of halogens is 1. The number of aromatic hydroxyl groups is 2. The van der Waals surface area contributed by atoms with Crippen LogP contribution in [0.1, 0.15) is 22.8 Å². The van der Waals surface area contributed by atoms with E-state index in [0.29, 0.717) is 21.3 Å². The number of rotatable bonds is 3. The third-order valence-electron chi connectivity index (χ3n) is 2.81. The lowest BCUT2D eigenvalue weighted by atomic mass is 10.1. The normalized spacial score (nSPS) is 11.2. The van der Waals surface area contributed by atoms with E-state index in [1.54, 1.807) is 31.2 Å². The number of phenols is 2. The molecule has 0 aliphatic carbocycles. The molecule has 21 heavy (non-hydrogen) atoms. The van der Waals surface area contributed by atoms with Crippen molar-refractivity contribution in [1.82, 2.24) is 5.43 Å². The van der Waals surface area contributed by atoms with E-state index in [0.717, 1.165) is 0 Å². The zero-order valence-corrected chi connectivity index (χ0v) is 12.8. The number of carbonyl (C=O) groups excluding carboxylic acids is 1. The number of benzene rings is 2. The Morgan fingerprint density at radius 3 is 2.57 bits per heavy atom. The van der Waals surface area contributed by atoms with Gasteiger partial charge in [0.25, 0.3) is 5.91 Å². The topological polar surface area (TPSA) is 81.9 Å². The van der Waals surface area contributed by atoms with Gasteiger partial charge in [0.1, 0.15) is 11.5 Å². The first-order valence-corrected chi connectivity index (χ1v) is 6.90. The van der Waals surface area contributed by atoms with Gasteiger partial charge in [0.05, 0.1) is 11.3 Å². The summed E-state index contributed by atoms with van der Waals surface area (Å²) in [6.45, 7) is 1.62. The molecule has 0 aromatic heterocycles. The minimum absolute atomic E-state index is 0.00878. The minimum Gasteiger partial charge on any atom is -0.508 e. The quantitative estimate of drug-likeness (QED) is 0.453. The molecule has 1 amide bonds. The van der Waals surface area contributed by atoms with E-state index in [9.17, 15) is 15.0 Å². The molecular weight excluding hydrogens is 336 g/mol. The van der Waals surface area contributed by atoms with Gasteiger partial charge in [-0.25, -0.2) is 5.43 Å². The molecule has 0 radical (unpaired) electrons. The van der Waals surface area contributed by atoms with Crippen LogP contribution in [0.5, 0.6) is 11.5 Å². The zero-order valence-electron chi connectivity index (χ0n) is 11.2. The summed E-state index contributed by atoms with van der Waals surface area (Å²) < 4.78 is 0.663. The minimum atomic E-state index is -0.374. The molecule has 108 valence electrons. The molecule has 2 rings (SSSR count). The second kappa shape index (κ2) is 6.41. The van der Waals surface area contributed by atoms with Crippen molar-refractivity contribution in [2.24, 2.45) is 5.10 Å². The molecule has 3 N–H and O–H groups in total. The molecule has 0 heterocycles. The van der Waals surface area contributed by atoms with Crippen molar-refractivity contribution in [3.63, 3.8) is 0 Å². The summed E-state index contributed by atoms with van der Waals surface area (Å²) in [5.41, 5.74) is 3.59. The molecule has 2 aromatic rings. The third-order valence-corrected chi connectivity index (χ3v) is 3.51. The summed E-state index contributed by atoms with van der Waals surface area (Å²) in [6, 6.07) is 11.1. The molecule has 5 nitrogen and oxygen atoms in total. The molecule has 0 saturated carbocycles. The number of carbonyl (C=O) groups is 1. The first kappa shape index (κ1) is 15.1. The average Bonchev–Trinajstić information content (AvgIpc) is 2.47. The standard InChI is InChI=1S/C15H13BrN2O3/c1-9(12-8-10(19)6-7-14(12)20)17-18-15(21)11-4-2-3-5-13(11)16/h2-8,19-20H,1H3,(H,18,21). The fourth-order valence-corrected chi connectivity index (χ4v) is 2.18. The second-order valence-electron chi connectivity index (χ2n) is 4.32. The maximum absolute atomic E-state index is 12.0. The molecule has 2 aromatic carbocycles. The van der Waals surface area contributed by atoms with E-state index >= 15 is 0 Å². The van der Waals surface area contributed by atoms with Crippen LogP contribution in [0, 0.1) is 0 Å². The predicted molar refractivity (Wildman–Crippen MR) is 83.6 cm³/mol. The van der Waals surface area contributed by atoms with Gasteiger partial charge in [0.2, 0.25) is 0 Å². The van der Waals surface area contributed by atoms with E-state index in [2.05, 4.69) is 26.5 Å². The van der Waals surface area contributed by atoms with Crippen molar-refractivity contribution < 1.29 is 15.0 Å². The third kappa shape index (κ3) is 3.61. The van der Waals surface area contributed by atoms with Crippen LogP contribution < -0.4 is 5.43 Å². The first-order chi connectivity index (χ1) is 9.99. The van der Waals surface area contributed by atoms with Gasteiger partial charge in [-0.2, -0.15) is 5.10 Å². The number of nitrogens with zero attached hydrogens (tertiary/aromatic N) is 1. The van der Waals surface area contributed by atoms with Gasteiger partial charge >= 0.3 is 0 Å². The van der Waals surface area contributed by atoms with Crippen molar-refractivity contribution in [3.8, 4) is 11.5 Å². The van der Waals surface area contributed by atoms with E-state index in [4.69, 9.17) is 0 Å². The van der Waals surface area contributed by atoms with E-state index in [-0.39, 0.29) is 17.4 Å². The number of hydrazone groups is 1. The summed E-state index contributed by atoms with van der Waals surface area (Å²) >= 11 is 3.29. The maximum Gasteiger partial charge on any atom is 0.272 e. The lowest BCUT2D eigenvalue weighted by molar-refractivity contribution is 0.0954. The molecule has 0 spiro atoms. The lowest BCUT2D eigenvalue weighted by Crippen LogP contribution is -2.19. The lowest BCUT2D eigenvalue weighted by Gasteiger charge is -2.06. The first-order valence-electron chi connectivity index (χ1n) is 6.10. The van der Waals surface area contributed by atoms with Gasteiger partial charge in [-0.05, 0) is 53.2 Å². The Labute approximate surface area is 130 Å². The summed E-state index contributed by atoms with van der Waals surface area (Å²) in [5, 5.41) is 23.1. The summed E-state index contributed by atoms with van der Waals surface area (Å²) in [5.74, 6) is -0.389. The molecule has 0 fully saturated rings. The number of phenolic OH excluding ortho intramolecular Hbond substituents is 2. The average molecular weight is 349 g/mol. The molecule has 0 atom stereocenters. The molecule has 6 heteroatoms. The van der Waals surface area contributed by atoms with Crippen LogP contribution >= 0.6 is 15.9 Å². The Morgan fingerprint density at radius 1 is 1.14 bits per heavy atom. The van der Waals surface area contributed by atoms with Gasteiger partial charge in [-0.15, -0.1) is 0 Å². The Kier molecular flexibility index (Phi) is 4.59. The number of nitrogens with one attached hydrogen (secondary N) is 1. The fourth-order valence-electron chi connectivity index (χ4n) is 1.71. The van der Waals surface area contributed by atoms with Gasteiger partial charge < -0.3 is 10.2 Å². The SMILES string of the molecule is CC(=NNC(=O)c1ccccc1Br)c1cc(O)ccc1O. The van der Waals surface area contributed by atoms with Crippen LogP contribution in [0.3, 0.4) is 0 Å². The van der Waals surface area contributed by atoms with Gasteiger partial charge in [0, 0.05) is 10.0 Å². The molecule has 0 saturated heterocycles. The van der Waals surface area contributed by atoms with Crippen LogP contribution in [-0.4, -0.2) is 21.8 Å². The summed E-state index contributed by atoms with van der Waals surface area (Å²) in [4.78, 5) is 12.0. The van der Waals surface area contributed by atoms with Crippen molar-refractivity contribution in [3.05, 3.63) is 58.1 Å². The maximum atomic E-state index is 12.0. The summed E-state index contributed by atoms with van der Waals surface area (Å²) in [6.07, 6.45) is 0. The highest BCUT2D eigenvalue weighted by atomic mass is 79.9. The highest BCUT2D eigenvalue weighted by Crippen LogP contribution is 2.22. The van der Waals surface area contributed by atoms with Crippen LogP contribution in [-0.2, 0) is 0 Å². The van der Waals surface area contributed by atoms with Crippen molar-refractivity contribution in [2.75, 3.05) is 0 Å². The van der Waals surface area contributed by atoms with E-state index in [1.807, 2.05) is 0 Å². The molecular formula is C15H13BrN2O3. The molecule has 0 bridgehead atoms. The predicted octanol–water partition coefficient (Wildman–Crippen LogP) is 3.01.